The molecule has 0 N–H and O–H groups in total. The molecule has 0 unspecified atom stereocenters. The number of benzene rings is 1. The van der Waals surface area contributed by atoms with Crippen LogP contribution in [0, 0.1) is 27.2 Å². The van der Waals surface area contributed by atoms with Crippen molar-refractivity contribution >= 4 is 27.3 Å². The van der Waals surface area contributed by atoms with Crippen molar-refractivity contribution in [1.82, 2.24) is 0 Å². The average Bonchev–Trinajstić information content (AvgIpc) is 2.07. The smallest absolute Gasteiger partial charge is 0.258 e. The molecule has 0 heterocycles. The molecule has 0 fully saturated rings. The fraction of sp³-hybridized carbons (Fsp3) is 0.143. The van der Waals surface area contributed by atoms with Crippen LogP contribution in [0.3, 0.4) is 0 Å². The number of hydrogen-bond donors (Lipinski definition) is 0. The number of halogens is 1. The fourth-order valence-corrected chi connectivity index (χ4v) is 1.52. The predicted octanol–water partition coefficient (Wildman–Crippen LogP) is 2.57. The lowest BCUT2D eigenvalue weighted by atomic mass is 10.2. The molecular weight excluding hydrogens is 256 g/mol. The van der Waals surface area contributed by atoms with E-state index in [1.807, 2.05) is 0 Å². The Morgan fingerprint density at radius 3 is 1.79 bits per heavy atom. The zero-order valence-corrected chi connectivity index (χ0v) is 8.65. The van der Waals surface area contributed by atoms with Crippen molar-refractivity contribution in [3.63, 3.8) is 0 Å². The van der Waals surface area contributed by atoms with E-state index in [0.29, 0.717) is 5.56 Å². The molecule has 1 aromatic carbocycles. The second-order valence-corrected chi connectivity index (χ2v) is 3.42. The van der Waals surface area contributed by atoms with E-state index in [2.05, 4.69) is 15.9 Å². The van der Waals surface area contributed by atoms with Crippen molar-refractivity contribution in [2.45, 2.75) is 6.92 Å². The van der Waals surface area contributed by atoms with Crippen LogP contribution >= 0.6 is 15.9 Å². The minimum Gasteiger partial charge on any atom is -0.258 e. The quantitative estimate of drug-likeness (QED) is 0.604. The van der Waals surface area contributed by atoms with Crippen molar-refractivity contribution < 1.29 is 9.85 Å². The van der Waals surface area contributed by atoms with Gasteiger partial charge < -0.3 is 0 Å². The molecule has 14 heavy (non-hydrogen) atoms. The van der Waals surface area contributed by atoms with Crippen LogP contribution in [0.5, 0.6) is 0 Å². The van der Waals surface area contributed by atoms with Crippen LogP contribution in [-0.4, -0.2) is 9.85 Å². The number of hydrogen-bond acceptors (Lipinski definition) is 4. The molecule has 0 spiro atoms. The Hall–Kier alpha value is -1.50. The lowest BCUT2D eigenvalue weighted by Crippen LogP contribution is -1.96. The van der Waals surface area contributed by atoms with Gasteiger partial charge in [0.05, 0.1) is 9.85 Å². The second-order valence-electron chi connectivity index (χ2n) is 2.63. The first-order valence-corrected chi connectivity index (χ1v) is 4.31. The van der Waals surface area contributed by atoms with Gasteiger partial charge in [0.25, 0.3) is 11.4 Å². The zero-order valence-electron chi connectivity index (χ0n) is 7.06. The van der Waals surface area contributed by atoms with Gasteiger partial charge in [-0.25, -0.2) is 0 Å². The number of nitrogens with zero attached hydrogens (tertiary/aromatic N) is 2. The fourth-order valence-electron chi connectivity index (χ4n) is 0.997. The first kappa shape index (κ1) is 10.6. The average molecular weight is 261 g/mol. The first-order chi connectivity index (χ1) is 6.43. The SMILES string of the molecule is Cc1cc([N+](=O)[O-])c(Br)c([N+](=O)[O-])c1. The Kier molecular flexibility index (Phi) is 2.80. The summed E-state index contributed by atoms with van der Waals surface area (Å²) in [6.07, 6.45) is 0. The van der Waals surface area contributed by atoms with Crippen LogP contribution in [0.1, 0.15) is 5.56 Å². The molecule has 7 heteroatoms. The molecule has 0 saturated heterocycles. The van der Waals surface area contributed by atoms with E-state index in [9.17, 15) is 20.2 Å². The van der Waals surface area contributed by atoms with Gasteiger partial charge in [-0.3, -0.25) is 20.2 Å². The molecule has 1 aromatic rings. The Bertz CT molecular complexity index is 383. The highest BCUT2D eigenvalue weighted by Crippen LogP contribution is 2.34. The number of rotatable bonds is 2. The molecule has 0 aliphatic heterocycles. The highest BCUT2D eigenvalue weighted by Gasteiger charge is 2.23. The maximum absolute atomic E-state index is 10.5. The third kappa shape index (κ3) is 1.87. The monoisotopic (exact) mass is 260 g/mol. The van der Waals surface area contributed by atoms with Gasteiger partial charge in [-0.2, -0.15) is 0 Å². The van der Waals surface area contributed by atoms with Gasteiger partial charge in [-0.1, -0.05) is 0 Å². The maximum Gasteiger partial charge on any atom is 0.290 e. The highest BCUT2D eigenvalue weighted by atomic mass is 79.9. The molecular formula is C7H5BrN2O4. The topological polar surface area (TPSA) is 86.3 Å². The number of nitro benzene ring substituents is 2. The zero-order chi connectivity index (χ0) is 10.9. The third-order valence-electron chi connectivity index (χ3n) is 1.57. The van der Waals surface area contributed by atoms with Gasteiger partial charge in [0.1, 0.15) is 0 Å². The minimum absolute atomic E-state index is 0.0990. The van der Waals surface area contributed by atoms with Crippen LogP contribution in [-0.2, 0) is 0 Å². The van der Waals surface area contributed by atoms with Crippen LogP contribution in [0.15, 0.2) is 16.6 Å². The maximum atomic E-state index is 10.5. The largest absolute Gasteiger partial charge is 0.290 e. The minimum atomic E-state index is -0.663. The van der Waals surface area contributed by atoms with E-state index >= 15 is 0 Å². The molecule has 0 aliphatic rings. The van der Waals surface area contributed by atoms with Crippen molar-refractivity contribution in [2.24, 2.45) is 0 Å². The molecule has 0 aliphatic carbocycles. The van der Waals surface area contributed by atoms with Gasteiger partial charge in [0.2, 0.25) is 0 Å². The molecule has 6 nitrogen and oxygen atoms in total. The Balaban J connectivity index is 3.47. The lowest BCUT2D eigenvalue weighted by molar-refractivity contribution is -0.395. The van der Waals surface area contributed by atoms with Crippen LogP contribution < -0.4 is 0 Å². The van der Waals surface area contributed by atoms with Gasteiger partial charge >= 0.3 is 0 Å². The Morgan fingerprint density at radius 1 is 1.14 bits per heavy atom. The molecule has 0 aromatic heterocycles. The standard InChI is InChI=1S/C7H5BrN2O4/c1-4-2-5(9(11)12)7(8)6(3-4)10(13)14/h2-3H,1H3. The summed E-state index contributed by atoms with van der Waals surface area (Å²) in [6.45, 7) is 1.56. The summed E-state index contributed by atoms with van der Waals surface area (Å²) in [5.41, 5.74) is -0.111. The van der Waals surface area contributed by atoms with E-state index in [0.717, 1.165) is 0 Å². The molecule has 0 atom stereocenters. The molecule has 0 saturated carbocycles. The number of nitro groups is 2. The van der Waals surface area contributed by atoms with Crippen LogP contribution in [0.25, 0.3) is 0 Å². The predicted molar refractivity (Wildman–Crippen MR) is 52.2 cm³/mol. The summed E-state index contributed by atoms with van der Waals surface area (Å²) in [7, 11) is 0. The van der Waals surface area contributed by atoms with Gasteiger partial charge in [-0.05, 0) is 28.4 Å². The first-order valence-electron chi connectivity index (χ1n) is 3.52. The molecule has 0 radical (unpaired) electrons. The van der Waals surface area contributed by atoms with Crippen molar-refractivity contribution in [3.05, 3.63) is 42.4 Å². The van der Waals surface area contributed by atoms with E-state index in [4.69, 9.17) is 0 Å². The van der Waals surface area contributed by atoms with E-state index in [1.54, 1.807) is 6.92 Å². The highest BCUT2D eigenvalue weighted by molar-refractivity contribution is 9.10. The van der Waals surface area contributed by atoms with Crippen molar-refractivity contribution in [3.8, 4) is 0 Å². The van der Waals surface area contributed by atoms with E-state index in [1.165, 1.54) is 12.1 Å². The summed E-state index contributed by atoms with van der Waals surface area (Å²) in [6, 6.07) is 2.55. The molecule has 0 amide bonds. The lowest BCUT2D eigenvalue weighted by Gasteiger charge is -1.98. The molecule has 1 rings (SSSR count). The number of aryl methyl sites for hydroxylation is 1. The molecule has 74 valence electrons. The Morgan fingerprint density at radius 2 is 1.50 bits per heavy atom. The third-order valence-corrected chi connectivity index (χ3v) is 2.38. The van der Waals surface area contributed by atoms with Crippen molar-refractivity contribution in [1.29, 1.82) is 0 Å². The summed E-state index contributed by atoms with van der Waals surface area (Å²) >= 11 is 2.83. The second kappa shape index (κ2) is 3.70. The van der Waals surface area contributed by atoms with Crippen LogP contribution in [0.4, 0.5) is 11.4 Å². The van der Waals surface area contributed by atoms with Gasteiger partial charge in [-0.15, -0.1) is 0 Å². The van der Waals surface area contributed by atoms with Gasteiger partial charge in [0.15, 0.2) is 4.47 Å². The summed E-state index contributed by atoms with van der Waals surface area (Å²) in [4.78, 5) is 19.7. The van der Waals surface area contributed by atoms with Crippen LogP contribution in [0.2, 0.25) is 0 Å². The van der Waals surface area contributed by atoms with Gasteiger partial charge in [0, 0.05) is 12.1 Å². The summed E-state index contributed by atoms with van der Waals surface area (Å²) in [5.74, 6) is 0. The van der Waals surface area contributed by atoms with E-state index < -0.39 is 9.85 Å². The Labute approximate surface area is 87.0 Å². The molecule has 0 bridgehead atoms. The van der Waals surface area contributed by atoms with Crippen molar-refractivity contribution in [2.75, 3.05) is 0 Å². The normalized spacial score (nSPS) is 9.86. The van der Waals surface area contributed by atoms with E-state index in [-0.39, 0.29) is 15.8 Å². The summed E-state index contributed by atoms with van der Waals surface area (Å²) < 4.78 is -0.0990. The summed E-state index contributed by atoms with van der Waals surface area (Å²) in [5, 5.41) is 21.0.